The SMILES string of the molecule is CCc1cc(C)cc(Br)c1C1C(=O)NC2(CCC(OC)CC2)C1=O. The zero-order valence-corrected chi connectivity index (χ0v) is 16.0. The summed E-state index contributed by atoms with van der Waals surface area (Å²) in [6.07, 6.45) is 3.94. The molecule has 1 aliphatic heterocycles. The monoisotopic (exact) mass is 393 g/mol. The molecule has 130 valence electrons. The molecule has 5 heteroatoms. The number of ether oxygens (including phenoxy) is 1. The van der Waals surface area contributed by atoms with Gasteiger partial charge in [0.15, 0.2) is 5.78 Å². The zero-order chi connectivity index (χ0) is 17.5. The molecule has 1 aromatic carbocycles. The molecule has 0 aromatic heterocycles. The molecule has 1 amide bonds. The van der Waals surface area contributed by atoms with E-state index in [1.807, 2.05) is 13.0 Å². The molecule has 1 atom stereocenters. The predicted molar refractivity (Wildman–Crippen MR) is 96.1 cm³/mol. The molecule has 2 aliphatic rings. The Labute approximate surface area is 151 Å². The average molecular weight is 394 g/mol. The number of hydrogen-bond acceptors (Lipinski definition) is 3. The van der Waals surface area contributed by atoms with Crippen LogP contribution in [0.2, 0.25) is 0 Å². The van der Waals surface area contributed by atoms with Gasteiger partial charge in [-0.05, 0) is 61.8 Å². The molecule has 2 fully saturated rings. The summed E-state index contributed by atoms with van der Waals surface area (Å²) in [7, 11) is 1.71. The van der Waals surface area contributed by atoms with Crippen LogP contribution < -0.4 is 5.32 Å². The Morgan fingerprint density at radius 1 is 1.29 bits per heavy atom. The van der Waals surface area contributed by atoms with Gasteiger partial charge in [-0.2, -0.15) is 0 Å². The Balaban J connectivity index is 1.97. The number of carbonyl (C=O) groups excluding carboxylic acids is 2. The van der Waals surface area contributed by atoms with Crippen molar-refractivity contribution < 1.29 is 14.3 Å². The highest BCUT2D eigenvalue weighted by atomic mass is 79.9. The molecule has 4 nitrogen and oxygen atoms in total. The smallest absolute Gasteiger partial charge is 0.236 e. The molecule has 1 unspecified atom stereocenters. The van der Waals surface area contributed by atoms with E-state index in [4.69, 9.17) is 4.74 Å². The molecule has 1 N–H and O–H groups in total. The van der Waals surface area contributed by atoms with Crippen LogP contribution >= 0.6 is 15.9 Å². The largest absolute Gasteiger partial charge is 0.381 e. The van der Waals surface area contributed by atoms with Gasteiger partial charge in [0, 0.05) is 11.6 Å². The van der Waals surface area contributed by atoms with E-state index in [2.05, 4.69) is 34.2 Å². The highest BCUT2D eigenvalue weighted by molar-refractivity contribution is 9.10. The van der Waals surface area contributed by atoms with Gasteiger partial charge in [-0.25, -0.2) is 0 Å². The van der Waals surface area contributed by atoms with Gasteiger partial charge in [-0.15, -0.1) is 0 Å². The number of aryl methyl sites for hydroxylation is 2. The Bertz CT molecular complexity index is 677. The Morgan fingerprint density at radius 3 is 2.54 bits per heavy atom. The van der Waals surface area contributed by atoms with Gasteiger partial charge in [0.25, 0.3) is 0 Å². The van der Waals surface area contributed by atoms with Crippen LogP contribution in [0.25, 0.3) is 0 Å². The lowest BCUT2D eigenvalue weighted by molar-refractivity contribution is -0.126. The topological polar surface area (TPSA) is 55.4 Å². The zero-order valence-electron chi connectivity index (χ0n) is 14.4. The molecule has 1 saturated carbocycles. The minimum Gasteiger partial charge on any atom is -0.381 e. The van der Waals surface area contributed by atoms with Crippen molar-refractivity contribution in [3.63, 3.8) is 0 Å². The summed E-state index contributed by atoms with van der Waals surface area (Å²) in [5, 5.41) is 3.04. The molecule has 3 rings (SSSR count). The number of hydrogen-bond donors (Lipinski definition) is 1. The minimum absolute atomic E-state index is 0.0290. The van der Waals surface area contributed by atoms with Crippen molar-refractivity contribution in [3.05, 3.63) is 33.3 Å². The van der Waals surface area contributed by atoms with Crippen LogP contribution in [-0.4, -0.2) is 30.4 Å². The minimum atomic E-state index is -0.702. The lowest BCUT2D eigenvalue weighted by Crippen LogP contribution is -2.50. The van der Waals surface area contributed by atoms with Crippen molar-refractivity contribution in [1.82, 2.24) is 5.32 Å². The van der Waals surface area contributed by atoms with E-state index in [0.29, 0.717) is 12.8 Å². The number of nitrogens with one attached hydrogen (secondary N) is 1. The van der Waals surface area contributed by atoms with Crippen molar-refractivity contribution in [2.45, 2.75) is 63.5 Å². The number of rotatable bonds is 3. The molecule has 1 heterocycles. The summed E-state index contributed by atoms with van der Waals surface area (Å²) in [5.41, 5.74) is 2.34. The first-order valence-corrected chi connectivity index (χ1v) is 9.39. The van der Waals surface area contributed by atoms with Crippen LogP contribution in [0.1, 0.15) is 55.2 Å². The van der Waals surface area contributed by atoms with E-state index in [1.165, 1.54) is 0 Å². The number of amides is 1. The number of carbonyl (C=O) groups is 2. The standard InChI is InChI=1S/C19H24BrNO3/c1-4-12-9-11(2)10-14(20)15(12)16-17(22)19(21-18(16)23)7-5-13(24-3)6-8-19/h9-10,13,16H,4-8H2,1-3H3,(H,21,23). The number of halogens is 1. The molecule has 1 aromatic rings. The molecule has 0 bridgehead atoms. The third kappa shape index (κ3) is 2.82. The van der Waals surface area contributed by atoms with E-state index < -0.39 is 11.5 Å². The summed E-state index contributed by atoms with van der Waals surface area (Å²) in [5.74, 6) is -0.828. The predicted octanol–water partition coefficient (Wildman–Crippen LogP) is 3.43. The van der Waals surface area contributed by atoms with Gasteiger partial charge < -0.3 is 10.1 Å². The average Bonchev–Trinajstić information content (AvgIpc) is 2.79. The van der Waals surface area contributed by atoms with E-state index in [0.717, 1.165) is 40.4 Å². The lowest BCUT2D eigenvalue weighted by Gasteiger charge is -2.35. The lowest BCUT2D eigenvalue weighted by atomic mass is 9.75. The fourth-order valence-corrected chi connectivity index (χ4v) is 5.00. The van der Waals surface area contributed by atoms with Crippen molar-refractivity contribution in [2.75, 3.05) is 7.11 Å². The van der Waals surface area contributed by atoms with Gasteiger partial charge in [0.1, 0.15) is 5.92 Å². The molecular formula is C19H24BrNO3. The maximum Gasteiger partial charge on any atom is 0.236 e. The molecular weight excluding hydrogens is 370 g/mol. The quantitative estimate of drug-likeness (QED) is 0.800. The number of Topliss-reactive ketones (excluding diaryl/α,β-unsaturated/α-hetero) is 1. The summed E-state index contributed by atoms with van der Waals surface area (Å²) in [4.78, 5) is 26.0. The second-order valence-electron chi connectivity index (χ2n) is 6.98. The Kier molecular flexibility index (Phi) is 4.85. The number of benzene rings is 1. The van der Waals surface area contributed by atoms with Crippen LogP contribution in [0.5, 0.6) is 0 Å². The first-order valence-electron chi connectivity index (χ1n) is 8.60. The van der Waals surface area contributed by atoms with E-state index in [1.54, 1.807) is 7.11 Å². The number of ketones is 1. The third-order valence-electron chi connectivity index (χ3n) is 5.51. The van der Waals surface area contributed by atoms with E-state index in [-0.39, 0.29) is 17.8 Å². The van der Waals surface area contributed by atoms with Crippen LogP contribution in [0.3, 0.4) is 0 Å². The van der Waals surface area contributed by atoms with E-state index in [9.17, 15) is 9.59 Å². The molecule has 1 saturated heterocycles. The normalized spacial score (nSPS) is 30.0. The fraction of sp³-hybridized carbons (Fsp3) is 0.579. The summed E-state index contributed by atoms with van der Waals surface area (Å²) < 4.78 is 6.26. The second kappa shape index (κ2) is 6.60. The summed E-state index contributed by atoms with van der Waals surface area (Å²) in [6.45, 7) is 4.08. The van der Waals surface area contributed by atoms with E-state index >= 15 is 0 Å². The van der Waals surface area contributed by atoms with Crippen LogP contribution in [0.4, 0.5) is 0 Å². The third-order valence-corrected chi connectivity index (χ3v) is 6.16. The highest BCUT2D eigenvalue weighted by Gasteiger charge is 2.54. The summed E-state index contributed by atoms with van der Waals surface area (Å²) >= 11 is 3.58. The maximum atomic E-state index is 13.2. The van der Waals surface area contributed by atoms with Crippen molar-refractivity contribution in [1.29, 1.82) is 0 Å². The van der Waals surface area contributed by atoms with Gasteiger partial charge >= 0.3 is 0 Å². The number of methoxy groups -OCH3 is 1. The van der Waals surface area contributed by atoms with Crippen molar-refractivity contribution in [2.24, 2.45) is 0 Å². The molecule has 0 radical (unpaired) electrons. The molecule has 24 heavy (non-hydrogen) atoms. The Hall–Kier alpha value is -1.20. The van der Waals surface area contributed by atoms with Gasteiger partial charge in [0.2, 0.25) is 5.91 Å². The molecule has 1 aliphatic carbocycles. The maximum absolute atomic E-state index is 13.2. The Morgan fingerprint density at radius 2 is 1.96 bits per heavy atom. The first kappa shape index (κ1) is 17.6. The van der Waals surface area contributed by atoms with Crippen molar-refractivity contribution in [3.8, 4) is 0 Å². The summed E-state index contributed by atoms with van der Waals surface area (Å²) in [6, 6.07) is 4.06. The second-order valence-corrected chi connectivity index (χ2v) is 7.83. The highest BCUT2D eigenvalue weighted by Crippen LogP contribution is 2.42. The van der Waals surface area contributed by atoms with Crippen LogP contribution in [-0.2, 0) is 20.7 Å². The fourth-order valence-electron chi connectivity index (χ4n) is 4.16. The van der Waals surface area contributed by atoms with Crippen LogP contribution in [0.15, 0.2) is 16.6 Å². The van der Waals surface area contributed by atoms with Gasteiger partial charge in [-0.1, -0.05) is 28.9 Å². The first-order chi connectivity index (χ1) is 11.4. The van der Waals surface area contributed by atoms with Gasteiger partial charge in [-0.3, -0.25) is 9.59 Å². The molecule has 1 spiro atoms. The van der Waals surface area contributed by atoms with Crippen LogP contribution in [0, 0.1) is 6.92 Å². The van der Waals surface area contributed by atoms with Crippen molar-refractivity contribution >= 4 is 27.6 Å². The van der Waals surface area contributed by atoms with Gasteiger partial charge in [0.05, 0.1) is 11.6 Å².